The smallest absolute Gasteiger partial charge is 0.201 e. The van der Waals surface area contributed by atoms with Gasteiger partial charge in [-0.3, -0.25) is 0 Å². The minimum absolute atomic E-state index is 0.101. The third kappa shape index (κ3) is 6.90. The van der Waals surface area contributed by atoms with E-state index in [9.17, 15) is 8.78 Å². The van der Waals surface area contributed by atoms with Crippen LogP contribution in [-0.2, 0) is 0 Å². The van der Waals surface area contributed by atoms with Crippen LogP contribution in [0.15, 0.2) is 60.7 Å². The van der Waals surface area contributed by atoms with Gasteiger partial charge in [0.25, 0.3) is 0 Å². The average molecular weight is 561 g/mol. The highest BCUT2D eigenvalue weighted by Gasteiger charge is 2.28. The lowest BCUT2D eigenvalue weighted by Crippen LogP contribution is -2.23. The highest BCUT2D eigenvalue weighted by atomic mass is 19.2. The molecule has 1 fully saturated rings. The molecule has 2 aliphatic carbocycles. The van der Waals surface area contributed by atoms with E-state index in [4.69, 9.17) is 4.74 Å². The van der Waals surface area contributed by atoms with Crippen molar-refractivity contribution < 1.29 is 17.9 Å². The Kier molecular flexibility index (Phi) is 9.90. The van der Waals surface area contributed by atoms with E-state index in [1.54, 1.807) is 37.3 Å². The van der Waals surface area contributed by atoms with Crippen LogP contribution in [0.5, 0.6) is 5.75 Å². The van der Waals surface area contributed by atoms with Gasteiger partial charge >= 0.3 is 0 Å². The fraction of sp³-hybridized carbons (Fsp3) is 0.459. The molecule has 0 aromatic heterocycles. The van der Waals surface area contributed by atoms with Gasteiger partial charge in [0.05, 0.1) is 6.61 Å². The molecule has 1 unspecified atom stereocenters. The summed E-state index contributed by atoms with van der Waals surface area (Å²) in [6, 6.07) is 15.4. The number of hydrogen-bond donors (Lipinski definition) is 0. The van der Waals surface area contributed by atoms with Crippen LogP contribution in [0.25, 0.3) is 27.8 Å². The van der Waals surface area contributed by atoms with Crippen LogP contribution < -0.4 is 4.74 Å². The Morgan fingerprint density at radius 1 is 0.707 bits per heavy atom. The maximum absolute atomic E-state index is 15.3. The summed E-state index contributed by atoms with van der Waals surface area (Å²) >= 11 is 0. The van der Waals surface area contributed by atoms with E-state index >= 15 is 4.39 Å². The second-order valence-electron chi connectivity index (χ2n) is 12.0. The van der Waals surface area contributed by atoms with Gasteiger partial charge in [0, 0.05) is 11.1 Å². The molecule has 3 aromatic rings. The summed E-state index contributed by atoms with van der Waals surface area (Å²) in [6.07, 6.45) is 16.7. The molecule has 1 nitrogen and oxygen atoms in total. The molecular formula is C37H43F3O. The van der Waals surface area contributed by atoms with E-state index in [0.717, 1.165) is 36.2 Å². The van der Waals surface area contributed by atoms with Crippen molar-refractivity contribution in [1.82, 2.24) is 0 Å². The van der Waals surface area contributed by atoms with E-state index < -0.39 is 11.6 Å². The predicted molar refractivity (Wildman–Crippen MR) is 163 cm³/mol. The second kappa shape index (κ2) is 13.8. The number of rotatable bonds is 10. The van der Waals surface area contributed by atoms with Crippen molar-refractivity contribution in [3.05, 3.63) is 83.7 Å². The summed E-state index contributed by atoms with van der Waals surface area (Å²) in [5, 5.41) is 0. The first-order chi connectivity index (χ1) is 20.0. The Hall–Kier alpha value is -3.01. The molecule has 0 spiro atoms. The first-order valence-corrected chi connectivity index (χ1v) is 15.7. The number of unbranched alkanes of at least 4 members (excludes halogenated alkanes) is 2. The topological polar surface area (TPSA) is 9.23 Å². The molecule has 0 bridgehead atoms. The lowest BCUT2D eigenvalue weighted by Gasteiger charge is -2.35. The molecular weight excluding hydrogens is 517 g/mol. The number of allylic oxidation sites excluding steroid dienone is 2. The zero-order valence-corrected chi connectivity index (χ0v) is 24.5. The van der Waals surface area contributed by atoms with Gasteiger partial charge in [-0.25, -0.2) is 8.78 Å². The predicted octanol–water partition coefficient (Wildman–Crippen LogP) is 11.4. The number of ether oxygens (including phenoxy) is 1. The lowest BCUT2D eigenvalue weighted by molar-refractivity contribution is 0.187. The maximum atomic E-state index is 15.3. The monoisotopic (exact) mass is 560 g/mol. The Labute approximate surface area is 243 Å². The van der Waals surface area contributed by atoms with Crippen molar-refractivity contribution >= 4 is 5.57 Å². The van der Waals surface area contributed by atoms with Gasteiger partial charge in [-0.15, -0.1) is 0 Å². The first kappa shape index (κ1) is 29.5. The fourth-order valence-corrected chi connectivity index (χ4v) is 6.98. The van der Waals surface area contributed by atoms with Crippen LogP contribution in [0, 0.1) is 35.2 Å². The van der Waals surface area contributed by atoms with Crippen LogP contribution >= 0.6 is 0 Å². The zero-order chi connectivity index (χ0) is 28.8. The molecule has 3 aromatic carbocycles. The van der Waals surface area contributed by atoms with Crippen molar-refractivity contribution in [3.8, 4) is 28.0 Å². The molecule has 0 aliphatic heterocycles. The van der Waals surface area contributed by atoms with Crippen LogP contribution in [0.4, 0.5) is 13.2 Å². The normalized spacial score (nSPS) is 21.0. The molecule has 41 heavy (non-hydrogen) atoms. The van der Waals surface area contributed by atoms with Gasteiger partial charge in [-0.2, -0.15) is 4.39 Å². The van der Waals surface area contributed by atoms with Gasteiger partial charge in [-0.1, -0.05) is 87.9 Å². The second-order valence-corrected chi connectivity index (χ2v) is 12.0. The summed E-state index contributed by atoms with van der Waals surface area (Å²) in [7, 11) is 0. The van der Waals surface area contributed by atoms with Crippen molar-refractivity contribution in [2.45, 2.75) is 84.5 Å². The third-order valence-electron chi connectivity index (χ3n) is 9.42. The van der Waals surface area contributed by atoms with Crippen LogP contribution in [0.3, 0.4) is 0 Å². The summed E-state index contributed by atoms with van der Waals surface area (Å²) in [5.74, 6) is 0.258. The van der Waals surface area contributed by atoms with E-state index in [1.165, 1.54) is 75.5 Å². The minimum atomic E-state index is -0.997. The zero-order valence-electron chi connectivity index (χ0n) is 24.5. The molecule has 0 N–H and O–H groups in total. The Morgan fingerprint density at radius 2 is 1.39 bits per heavy atom. The van der Waals surface area contributed by atoms with Crippen LogP contribution in [0.1, 0.15) is 90.0 Å². The number of halogens is 3. The van der Waals surface area contributed by atoms with E-state index in [-0.39, 0.29) is 23.7 Å². The molecule has 1 saturated carbocycles. The van der Waals surface area contributed by atoms with Gasteiger partial charge in [0.15, 0.2) is 11.6 Å². The van der Waals surface area contributed by atoms with Gasteiger partial charge < -0.3 is 4.74 Å². The van der Waals surface area contributed by atoms with Gasteiger partial charge in [0.2, 0.25) is 5.82 Å². The SMILES string of the molecule is CCCCCC1CCC(C2CC=C(c3ccc(-c4ccc(-c5ccc(OCC)c(F)c5F)cc4)c(F)c3)CC2)CC1. The van der Waals surface area contributed by atoms with Crippen molar-refractivity contribution in [3.63, 3.8) is 0 Å². The molecule has 0 heterocycles. The molecule has 2 aliphatic rings. The molecule has 0 radical (unpaired) electrons. The molecule has 1 atom stereocenters. The fourth-order valence-electron chi connectivity index (χ4n) is 6.98. The third-order valence-corrected chi connectivity index (χ3v) is 9.42. The molecule has 5 rings (SSSR count). The van der Waals surface area contributed by atoms with E-state index in [1.807, 2.05) is 12.1 Å². The van der Waals surface area contributed by atoms with Crippen LogP contribution in [-0.4, -0.2) is 6.61 Å². The number of hydrogen-bond acceptors (Lipinski definition) is 1. The number of benzene rings is 3. The molecule has 4 heteroatoms. The van der Waals surface area contributed by atoms with E-state index in [0.29, 0.717) is 16.7 Å². The molecule has 0 saturated heterocycles. The van der Waals surface area contributed by atoms with Gasteiger partial charge in [0.1, 0.15) is 5.82 Å². The minimum Gasteiger partial charge on any atom is -0.491 e. The lowest BCUT2D eigenvalue weighted by atomic mass is 9.70. The highest BCUT2D eigenvalue weighted by molar-refractivity contribution is 5.74. The summed E-state index contributed by atoms with van der Waals surface area (Å²) in [6.45, 7) is 4.26. The highest BCUT2D eigenvalue weighted by Crippen LogP contribution is 2.42. The largest absolute Gasteiger partial charge is 0.491 e. The van der Waals surface area contributed by atoms with E-state index in [2.05, 4.69) is 13.0 Å². The Balaban J connectivity index is 1.21. The van der Waals surface area contributed by atoms with Crippen molar-refractivity contribution in [2.75, 3.05) is 6.61 Å². The Morgan fingerprint density at radius 3 is 2.02 bits per heavy atom. The van der Waals surface area contributed by atoms with Gasteiger partial charge in [-0.05, 0) is 97.2 Å². The quantitative estimate of drug-likeness (QED) is 0.224. The van der Waals surface area contributed by atoms with Crippen molar-refractivity contribution in [2.24, 2.45) is 17.8 Å². The molecule has 218 valence electrons. The molecule has 0 amide bonds. The summed E-state index contributed by atoms with van der Waals surface area (Å²) in [4.78, 5) is 0. The first-order valence-electron chi connectivity index (χ1n) is 15.7. The average Bonchev–Trinajstić information content (AvgIpc) is 3.00. The Bertz CT molecular complexity index is 1340. The summed E-state index contributed by atoms with van der Waals surface area (Å²) < 4.78 is 49.5. The summed E-state index contributed by atoms with van der Waals surface area (Å²) in [5.41, 5.74) is 4.10. The standard InChI is InChI=1S/C37H43F3O/c1-3-5-6-7-25-8-10-26(11-9-25)27-12-14-28(15-13-27)31-20-21-32(34(38)24-31)29-16-18-30(19-17-29)33-22-23-35(41-4-2)37(40)36(33)39/h14,16-27H,3-13,15H2,1-2H3. The van der Waals surface area contributed by atoms with Crippen LogP contribution in [0.2, 0.25) is 0 Å². The maximum Gasteiger partial charge on any atom is 0.201 e. The van der Waals surface area contributed by atoms with Crippen molar-refractivity contribution in [1.29, 1.82) is 0 Å².